The summed E-state index contributed by atoms with van der Waals surface area (Å²) in [6, 6.07) is 13.4. The summed E-state index contributed by atoms with van der Waals surface area (Å²) in [6.07, 6.45) is -0.217. The number of carbonyl (C=O) groups is 2. The van der Waals surface area contributed by atoms with Crippen molar-refractivity contribution < 1.29 is 24.2 Å². The van der Waals surface area contributed by atoms with Crippen molar-refractivity contribution in [2.45, 2.75) is 32.9 Å². The normalized spacial score (nSPS) is 10.2. The summed E-state index contributed by atoms with van der Waals surface area (Å²) in [7, 11) is 1.56. The Morgan fingerprint density at radius 2 is 1.85 bits per heavy atom. The van der Waals surface area contributed by atoms with Crippen molar-refractivity contribution in [3.05, 3.63) is 59.2 Å². The van der Waals surface area contributed by atoms with Crippen molar-refractivity contribution in [3.63, 3.8) is 0 Å². The molecule has 0 unspecified atom stereocenters. The van der Waals surface area contributed by atoms with Crippen LogP contribution in [0.25, 0.3) is 0 Å². The number of nitrogens with one attached hydrogen (secondary N) is 1. The standard InChI is InChI=1S/C20H23NO5/c1-14-5-3-4-6-16(14)13-26-17-8-7-15(11-18(17)25-2)12-21-19(22)9-10-20(23)24/h3-8,11H,9-10,12-13H2,1-2H3,(H,21,22)(H,23,24). The third-order valence-electron chi connectivity index (χ3n) is 3.93. The van der Waals surface area contributed by atoms with Crippen LogP contribution in [-0.4, -0.2) is 24.1 Å². The van der Waals surface area contributed by atoms with Crippen LogP contribution < -0.4 is 14.8 Å². The lowest BCUT2D eigenvalue weighted by atomic mass is 10.1. The molecule has 6 nitrogen and oxygen atoms in total. The predicted molar refractivity (Wildman–Crippen MR) is 97.2 cm³/mol. The van der Waals surface area contributed by atoms with E-state index in [2.05, 4.69) is 5.32 Å². The summed E-state index contributed by atoms with van der Waals surface area (Å²) >= 11 is 0. The van der Waals surface area contributed by atoms with Crippen molar-refractivity contribution in [1.29, 1.82) is 0 Å². The van der Waals surface area contributed by atoms with Gasteiger partial charge in [-0.25, -0.2) is 0 Å². The summed E-state index contributed by atoms with van der Waals surface area (Å²) in [5.74, 6) is -0.0872. The average molecular weight is 357 g/mol. The molecule has 0 radical (unpaired) electrons. The molecule has 0 bridgehead atoms. The Hall–Kier alpha value is -3.02. The van der Waals surface area contributed by atoms with Crippen LogP contribution >= 0.6 is 0 Å². The maximum absolute atomic E-state index is 11.6. The molecular weight excluding hydrogens is 334 g/mol. The molecule has 2 rings (SSSR count). The topological polar surface area (TPSA) is 84.9 Å². The molecule has 0 aliphatic rings. The van der Waals surface area contributed by atoms with Crippen molar-refractivity contribution >= 4 is 11.9 Å². The SMILES string of the molecule is COc1cc(CNC(=O)CCC(=O)O)ccc1OCc1ccccc1C. The minimum absolute atomic E-state index is 0.0376. The van der Waals surface area contributed by atoms with Crippen molar-refractivity contribution in [2.75, 3.05) is 7.11 Å². The van der Waals surface area contributed by atoms with Crippen LogP contribution in [0, 0.1) is 6.92 Å². The molecule has 0 aliphatic carbocycles. The zero-order valence-electron chi connectivity index (χ0n) is 15.0. The first-order valence-electron chi connectivity index (χ1n) is 8.32. The van der Waals surface area contributed by atoms with Gasteiger partial charge >= 0.3 is 5.97 Å². The molecule has 0 spiro atoms. The first-order chi connectivity index (χ1) is 12.5. The molecule has 138 valence electrons. The van der Waals surface area contributed by atoms with Crippen LogP contribution in [0.15, 0.2) is 42.5 Å². The molecule has 0 atom stereocenters. The van der Waals surface area contributed by atoms with E-state index < -0.39 is 5.97 Å². The highest BCUT2D eigenvalue weighted by Crippen LogP contribution is 2.29. The van der Waals surface area contributed by atoms with Gasteiger partial charge in [-0.2, -0.15) is 0 Å². The number of aryl methyl sites for hydroxylation is 1. The van der Waals surface area contributed by atoms with Gasteiger partial charge in [-0.3, -0.25) is 9.59 Å². The van der Waals surface area contributed by atoms with Crippen LogP contribution in [0.2, 0.25) is 0 Å². The number of hydrogen-bond donors (Lipinski definition) is 2. The van der Waals surface area contributed by atoms with E-state index in [0.717, 1.165) is 16.7 Å². The summed E-state index contributed by atoms with van der Waals surface area (Å²) in [6.45, 7) is 2.77. The van der Waals surface area contributed by atoms with Crippen LogP contribution in [0.5, 0.6) is 11.5 Å². The van der Waals surface area contributed by atoms with E-state index in [0.29, 0.717) is 24.7 Å². The molecular formula is C20H23NO5. The van der Waals surface area contributed by atoms with Gasteiger partial charge < -0.3 is 19.9 Å². The molecule has 0 saturated heterocycles. The van der Waals surface area contributed by atoms with Gasteiger partial charge in [0.25, 0.3) is 0 Å². The van der Waals surface area contributed by atoms with Gasteiger partial charge in [0.05, 0.1) is 13.5 Å². The van der Waals surface area contributed by atoms with E-state index in [-0.39, 0.29) is 18.7 Å². The highest BCUT2D eigenvalue weighted by atomic mass is 16.5. The molecule has 0 aromatic heterocycles. The molecule has 6 heteroatoms. The first kappa shape index (κ1) is 19.3. The van der Waals surface area contributed by atoms with Gasteiger partial charge in [0.15, 0.2) is 11.5 Å². The van der Waals surface area contributed by atoms with Gasteiger partial charge in [-0.1, -0.05) is 30.3 Å². The number of rotatable bonds is 9. The fourth-order valence-electron chi connectivity index (χ4n) is 2.38. The molecule has 26 heavy (non-hydrogen) atoms. The molecule has 0 heterocycles. The highest BCUT2D eigenvalue weighted by Gasteiger charge is 2.09. The Labute approximate surface area is 152 Å². The Morgan fingerprint density at radius 1 is 1.08 bits per heavy atom. The lowest BCUT2D eigenvalue weighted by Crippen LogP contribution is -2.23. The minimum atomic E-state index is -0.989. The summed E-state index contributed by atoms with van der Waals surface area (Å²) in [5.41, 5.74) is 3.10. The quantitative estimate of drug-likeness (QED) is 0.720. The van der Waals surface area contributed by atoms with E-state index in [1.165, 1.54) is 0 Å². The highest BCUT2D eigenvalue weighted by molar-refractivity contribution is 5.80. The number of methoxy groups -OCH3 is 1. The lowest BCUT2D eigenvalue weighted by Gasteiger charge is -2.13. The second-order valence-electron chi connectivity index (χ2n) is 5.87. The molecule has 1 amide bonds. The largest absolute Gasteiger partial charge is 0.493 e. The Kier molecular flexibility index (Phi) is 7.02. The lowest BCUT2D eigenvalue weighted by molar-refractivity contribution is -0.138. The Morgan fingerprint density at radius 3 is 2.54 bits per heavy atom. The van der Waals surface area contributed by atoms with Gasteiger partial charge in [0.2, 0.25) is 5.91 Å². The number of amides is 1. The third-order valence-corrected chi connectivity index (χ3v) is 3.93. The van der Waals surface area contributed by atoms with E-state index in [4.69, 9.17) is 14.6 Å². The smallest absolute Gasteiger partial charge is 0.303 e. The minimum Gasteiger partial charge on any atom is -0.493 e. The summed E-state index contributed by atoms with van der Waals surface area (Å²) in [4.78, 5) is 22.1. The second-order valence-corrected chi connectivity index (χ2v) is 5.87. The maximum Gasteiger partial charge on any atom is 0.303 e. The fourth-order valence-corrected chi connectivity index (χ4v) is 2.38. The monoisotopic (exact) mass is 357 g/mol. The second kappa shape index (κ2) is 9.46. The van der Waals surface area contributed by atoms with Crippen LogP contribution in [0.4, 0.5) is 0 Å². The number of hydrogen-bond acceptors (Lipinski definition) is 4. The number of aliphatic carboxylic acids is 1. The molecule has 0 aliphatic heterocycles. The Bertz CT molecular complexity index is 773. The zero-order chi connectivity index (χ0) is 18.9. The van der Waals surface area contributed by atoms with Gasteiger partial charge in [-0.15, -0.1) is 0 Å². The zero-order valence-corrected chi connectivity index (χ0v) is 15.0. The first-order valence-corrected chi connectivity index (χ1v) is 8.32. The van der Waals surface area contributed by atoms with Gasteiger partial charge in [-0.05, 0) is 35.7 Å². The van der Waals surface area contributed by atoms with E-state index in [1.807, 2.05) is 37.3 Å². The number of carbonyl (C=O) groups excluding carboxylic acids is 1. The van der Waals surface area contributed by atoms with Gasteiger partial charge in [0.1, 0.15) is 6.61 Å². The summed E-state index contributed by atoms with van der Waals surface area (Å²) < 4.78 is 11.2. The van der Waals surface area contributed by atoms with Crippen molar-refractivity contribution in [3.8, 4) is 11.5 Å². The van der Waals surface area contributed by atoms with E-state index in [9.17, 15) is 9.59 Å². The molecule has 0 fully saturated rings. The van der Waals surface area contributed by atoms with Crippen LogP contribution in [0.1, 0.15) is 29.5 Å². The van der Waals surface area contributed by atoms with Crippen molar-refractivity contribution in [1.82, 2.24) is 5.32 Å². The summed E-state index contributed by atoms with van der Waals surface area (Å²) in [5, 5.41) is 11.3. The Balaban J connectivity index is 1.95. The molecule has 2 aromatic rings. The number of carboxylic acid groups (broad SMARTS) is 1. The average Bonchev–Trinajstić information content (AvgIpc) is 2.64. The van der Waals surface area contributed by atoms with Crippen LogP contribution in [-0.2, 0) is 22.7 Å². The number of benzene rings is 2. The van der Waals surface area contributed by atoms with Crippen molar-refractivity contribution in [2.24, 2.45) is 0 Å². The van der Waals surface area contributed by atoms with Gasteiger partial charge in [0, 0.05) is 13.0 Å². The third kappa shape index (κ3) is 5.81. The van der Waals surface area contributed by atoms with E-state index >= 15 is 0 Å². The van der Waals surface area contributed by atoms with Crippen LogP contribution in [0.3, 0.4) is 0 Å². The predicted octanol–water partition coefficient (Wildman–Crippen LogP) is 3.06. The molecule has 2 N–H and O–H groups in total. The number of ether oxygens (including phenoxy) is 2. The van der Waals surface area contributed by atoms with E-state index in [1.54, 1.807) is 19.2 Å². The fraction of sp³-hybridized carbons (Fsp3) is 0.300. The molecule has 2 aromatic carbocycles. The number of carboxylic acids is 1. The molecule has 0 saturated carbocycles. The maximum atomic E-state index is 11.6.